The predicted octanol–water partition coefficient (Wildman–Crippen LogP) is 1.35. The molecule has 16 heavy (non-hydrogen) atoms. The van der Waals surface area contributed by atoms with E-state index in [-0.39, 0.29) is 0 Å². The predicted molar refractivity (Wildman–Crippen MR) is 59.3 cm³/mol. The Labute approximate surface area is 94.4 Å². The maximum atomic E-state index is 10.8. The number of carbonyl (C=O) groups excluding carboxylic acids is 1. The minimum absolute atomic E-state index is 0.650. The summed E-state index contributed by atoms with van der Waals surface area (Å²) < 4.78 is 22.8. The number of benzene rings is 1. The first-order valence-electron chi connectivity index (χ1n) is 4.58. The van der Waals surface area contributed by atoms with Gasteiger partial charge in [-0.15, -0.1) is 0 Å². The van der Waals surface area contributed by atoms with Crippen LogP contribution < -0.4 is 10.9 Å². The van der Waals surface area contributed by atoms with Crippen molar-refractivity contribution in [2.75, 3.05) is 5.43 Å². The molecule has 2 N–H and O–H groups in total. The van der Waals surface area contributed by atoms with Crippen LogP contribution in [0.4, 0.5) is 10.5 Å². The van der Waals surface area contributed by atoms with Crippen LogP contribution in [0.5, 0.6) is 0 Å². The van der Waals surface area contributed by atoms with Crippen LogP contribution in [0.2, 0.25) is 0 Å². The largest absolute Gasteiger partial charge is 0.374 e. The average molecular weight is 241 g/mol. The third-order valence-electron chi connectivity index (χ3n) is 1.83. The lowest BCUT2D eigenvalue weighted by Crippen LogP contribution is -2.26. The number of anilines is 1. The molecular weight excluding hydrogens is 230 g/mol. The molecule has 0 bridgehead atoms. The van der Waals surface area contributed by atoms with Gasteiger partial charge in [0.1, 0.15) is 0 Å². The van der Waals surface area contributed by atoms with Gasteiger partial charge >= 0.3 is 16.5 Å². The molecule has 0 aliphatic heterocycles. The standard InChI is InChI=1S/C9H11N3O3S/c1-2-7-3-5-8(6-4-7)10-11-9(13)12-16(14)15/h3-6,10H,2H2,1H3,(H,11,13). The Morgan fingerprint density at radius 2 is 1.94 bits per heavy atom. The number of hydrogen-bond acceptors (Lipinski definition) is 4. The summed E-state index contributed by atoms with van der Waals surface area (Å²) in [6.45, 7) is 2.03. The van der Waals surface area contributed by atoms with Crippen LogP contribution in [0, 0.1) is 0 Å². The fourth-order valence-corrected chi connectivity index (χ4v) is 1.22. The molecule has 0 radical (unpaired) electrons. The zero-order valence-electron chi connectivity index (χ0n) is 8.60. The van der Waals surface area contributed by atoms with E-state index in [1.54, 1.807) is 12.1 Å². The number of urea groups is 1. The molecular formula is C9H11N3O3S. The molecule has 0 aliphatic carbocycles. The Balaban J connectivity index is 2.55. The highest BCUT2D eigenvalue weighted by Gasteiger charge is 1.97. The van der Waals surface area contributed by atoms with Gasteiger partial charge in [0.05, 0.1) is 5.69 Å². The van der Waals surface area contributed by atoms with Gasteiger partial charge in [-0.25, -0.2) is 10.2 Å². The van der Waals surface area contributed by atoms with Crippen LogP contribution in [0.3, 0.4) is 0 Å². The number of hydrazine groups is 1. The molecule has 1 rings (SSSR count). The molecule has 1 aromatic carbocycles. The number of amides is 2. The second-order valence-corrected chi connectivity index (χ2v) is 3.53. The summed E-state index contributed by atoms with van der Waals surface area (Å²) in [7, 11) is -2.74. The molecule has 0 heterocycles. The second kappa shape index (κ2) is 5.86. The number of hydrogen-bond donors (Lipinski definition) is 2. The lowest BCUT2D eigenvalue weighted by Gasteiger charge is -2.05. The van der Waals surface area contributed by atoms with E-state index in [0.717, 1.165) is 6.42 Å². The lowest BCUT2D eigenvalue weighted by molar-refractivity contribution is 0.251. The smallest absolute Gasteiger partial charge is 0.297 e. The van der Waals surface area contributed by atoms with Crippen molar-refractivity contribution >= 4 is 22.2 Å². The highest BCUT2D eigenvalue weighted by atomic mass is 32.2. The van der Waals surface area contributed by atoms with Gasteiger partial charge in [-0.2, -0.15) is 8.42 Å². The van der Waals surface area contributed by atoms with E-state index in [1.807, 2.05) is 19.1 Å². The third-order valence-corrected chi connectivity index (χ3v) is 2.15. The first kappa shape index (κ1) is 12.2. The van der Waals surface area contributed by atoms with Crippen LogP contribution in [0.1, 0.15) is 12.5 Å². The zero-order valence-corrected chi connectivity index (χ0v) is 9.41. The molecule has 0 saturated heterocycles. The number of rotatable bonds is 3. The third kappa shape index (κ3) is 4.09. The SMILES string of the molecule is CCc1ccc(NNC(=O)N=S(=O)=O)cc1. The Hall–Kier alpha value is -1.89. The molecule has 0 fully saturated rings. The van der Waals surface area contributed by atoms with Gasteiger partial charge in [-0.1, -0.05) is 23.4 Å². The van der Waals surface area contributed by atoms with Crippen LogP contribution in [-0.4, -0.2) is 14.4 Å². The van der Waals surface area contributed by atoms with Gasteiger partial charge < -0.3 is 0 Å². The summed E-state index contributed by atoms with van der Waals surface area (Å²) in [6, 6.07) is 6.38. The van der Waals surface area contributed by atoms with Crippen LogP contribution >= 0.6 is 0 Å². The highest BCUT2D eigenvalue weighted by Crippen LogP contribution is 2.08. The van der Waals surface area contributed by atoms with E-state index in [4.69, 9.17) is 0 Å². The van der Waals surface area contributed by atoms with E-state index >= 15 is 0 Å². The summed E-state index contributed by atoms with van der Waals surface area (Å²) in [6.07, 6.45) is 0.928. The van der Waals surface area contributed by atoms with Crippen LogP contribution in [0.15, 0.2) is 28.6 Å². The van der Waals surface area contributed by atoms with Crippen molar-refractivity contribution in [1.82, 2.24) is 5.43 Å². The molecule has 2 amide bonds. The summed E-state index contributed by atoms with van der Waals surface area (Å²) in [5.74, 6) is 0. The quantitative estimate of drug-likeness (QED) is 0.782. The summed E-state index contributed by atoms with van der Waals surface area (Å²) in [4.78, 5) is 10.8. The molecule has 0 atom stereocenters. The van der Waals surface area contributed by atoms with Gasteiger partial charge in [0, 0.05) is 0 Å². The topological polar surface area (TPSA) is 87.6 Å². The van der Waals surface area contributed by atoms with Gasteiger partial charge in [0.25, 0.3) is 0 Å². The molecule has 0 saturated carbocycles. The minimum Gasteiger partial charge on any atom is -0.297 e. The summed E-state index contributed by atoms with van der Waals surface area (Å²) >= 11 is 0. The molecule has 86 valence electrons. The Morgan fingerprint density at radius 3 is 2.44 bits per heavy atom. The Morgan fingerprint density at radius 1 is 1.31 bits per heavy atom. The van der Waals surface area contributed by atoms with Crippen molar-refractivity contribution in [2.45, 2.75) is 13.3 Å². The Bertz CT molecular complexity index is 485. The van der Waals surface area contributed by atoms with Crippen molar-refractivity contribution < 1.29 is 13.2 Å². The van der Waals surface area contributed by atoms with Gasteiger partial charge in [0.2, 0.25) is 0 Å². The lowest BCUT2D eigenvalue weighted by atomic mass is 10.2. The van der Waals surface area contributed by atoms with Gasteiger partial charge in [0.15, 0.2) is 0 Å². The Kier molecular flexibility index (Phi) is 4.46. The monoisotopic (exact) mass is 241 g/mol. The molecule has 0 aromatic heterocycles. The van der Waals surface area contributed by atoms with Crippen molar-refractivity contribution in [3.8, 4) is 0 Å². The van der Waals surface area contributed by atoms with Gasteiger partial charge in [-0.3, -0.25) is 5.43 Å². The maximum Gasteiger partial charge on any atom is 0.374 e. The van der Waals surface area contributed by atoms with E-state index in [9.17, 15) is 13.2 Å². The van der Waals surface area contributed by atoms with Crippen molar-refractivity contribution in [3.63, 3.8) is 0 Å². The maximum absolute atomic E-state index is 10.8. The number of carbonyl (C=O) groups is 1. The van der Waals surface area contributed by atoms with Crippen molar-refractivity contribution in [1.29, 1.82) is 0 Å². The van der Waals surface area contributed by atoms with Crippen LogP contribution in [-0.2, 0) is 16.9 Å². The highest BCUT2D eigenvalue weighted by molar-refractivity contribution is 7.62. The first-order valence-corrected chi connectivity index (χ1v) is 5.61. The first-order chi connectivity index (χ1) is 7.61. The number of aryl methyl sites for hydroxylation is 1. The molecule has 0 aliphatic rings. The second-order valence-electron chi connectivity index (χ2n) is 2.91. The van der Waals surface area contributed by atoms with Gasteiger partial charge in [-0.05, 0) is 24.1 Å². The van der Waals surface area contributed by atoms with E-state index in [0.29, 0.717) is 5.69 Å². The molecule has 7 heteroatoms. The van der Waals surface area contributed by atoms with Crippen molar-refractivity contribution in [3.05, 3.63) is 29.8 Å². The number of nitrogens with one attached hydrogen (secondary N) is 2. The average Bonchev–Trinajstić information content (AvgIpc) is 2.26. The normalized spacial score (nSPS) is 9.31. The fraction of sp³-hybridized carbons (Fsp3) is 0.222. The van der Waals surface area contributed by atoms with E-state index in [2.05, 4.69) is 15.2 Å². The summed E-state index contributed by atoms with van der Waals surface area (Å²) in [5, 5.41) is 0. The zero-order chi connectivity index (χ0) is 12.0. The fourth-order valence-electron chi connectivity index (χ4n) is 1.04. The molecule has 0 spiro atoms. The van der Waals surface area contributed by atoms with E-state index < -0.39 is 16.5 Å². The van der Waals surface area contributed by atoms with Crippen LogP contribution in [0.25, 0.3) is 0 Å². The van der Waals surface area contributed by atoms with Crippen molar-refractivity contribution in [2.24, 2.45) is 4.36 Å². The van der Waals surface area contributed by atoms with E-state index in [1.165, 1.54) is 5.56 Å². The molecule has 6 nitrogen and oxygen atoms in total. The molecule has 0 unspecified atom stereocenters. The number of nitrogens with zero attached hydrogens (tertiary/aromatic N) is 1. The molecule has 1 aromatic rings. The summed E-state index contributed by atoms with van der Waals surface area (Å²) in [5.41, 5.74) is 6.47. The minimum atomic E-state index is -2.74.